The summed E-state index contributed by atoms with van der Waals surface area (Å²) in [5.74, 6) is 0.371. The monoisotopic (exact) mass is 393 g/mol. The van der Waals surface area contributed by atoms with Crippen LogP contribution in [0.15, 0.2) is 54.9 Å². The van der Waals surface area contributed by atoms with E-state index in [9.17, 15) is 18.0 Å². The standard InChI is InChI=1S/C19H15ClF3N3O/c1-12-24-8-9-26(12)11-13-2-4-14(5-3-13)18(27)25-15-6-7-17(20)16(10-15)19(21,22)23/h2-10H,11H2,1H3,(H,25,27). The summed E-state index contributed by atoms with van der Waals surface area (Å²) in [5, 5.41) is 2.04. The van der Waals surface area contributed by atoms with Crippen molar-refractivity contribution in [2.24, 2.45) is 0 Å². The number of carbonyl (C=O) groups is 1. The summed E-state index contributed by atoms with van der Waals surface area (Å²) in [4.78, 5) is 16.4. The topological polar surface area (TPSA) is 46.9 Å². The second kappa shape index (κ2) is 7.44. The van der Waals surface area contributed by atoms with Gasteiger partial charge in [0.2, 0.25) is 0 Å². The van der Waals surface area contributed by atoms with E-state index in [0.29, 0.717) is 12.1 Å². The number of halogens is 4. The van der Waals surface area contributed by atoms with Crippen molar-refractivity contribution in [1.29, 1.82) is 0 Å². The van der Waals surface area contributed by atoms with Gasteiger partial charge in [-0.3, -0.25) is 4.79 Å². The van der Waals surface area contributed by atoms with Crippen LogP contribution in [0.5, 0.6) is 0 Å². The molecule has 0 radical (unpaired) electrons. The molecule has 0 saturated heterocycles. The van der Waals surface area contributed by atoms with E-state index in [0.717, 1.165) is 23.5 Å². The van der Waals surface area contributed by atoms with E-state index in [1.165, 1.54) is 6.07 Å². The molecule has 3 rings (SSSR count). The van der Waals surface area contributed by atoms with Crippen LogP contribution in [-0.2, 0) is 12.7 Å². The zero-order chi connectivity index (χ0) is 19.6. The molecule has 1 N–H and O–H groups in total. The molecule has 0 fully saturated rings. The van der Waals surface area contributed by atoms with Crippen molar-refractivity contribution in [2.75, 3.05) is 5.32 Å². The van der Waals surface area contributed by atoms with Crippen LogP contribution in [0.1, 0.15) is 27.3 Å². The molecule has 1 aromatic heterocycles. The Balaban J connectivity index is 1.72. The molecule has 27 heavy (non-hydrogen) atoms. The first-order valence-electron chi connectivity index (χ1n) is 7.99. The molecule has 0 bridgehead atoms. The zero-order valence-electron chi connectivity index (χ0n) is 14.2. The highest BCUT2D eigenvalue weighted by Crippen LogP contribution is 2.36. The van der Waals surface area contributed by atoms with Crippen LogP contribution in [0.3, 0.4) is 0 Å². The summed E-state index contributed by atoms with van der Waals surface area (Å²) in [5.41, 5.74) is 0.339. The molecule has 3 aromatic rings. The van der Waals surface area contributed by atoms with Crippen molar-refractivity contribution in [1.82, 2.24) is 9.55 Å². The minimum atomic E-state index is -4.59. The van der Waals surface area contributed by atoms with Gasteiger partial charge in [-0.15, -0.1) is 0 Å². The average molecular weight is 394 g/mol. The van der Waals surface area contributed by atoms with E-state index in [4.69, 9.17) is 11.6 Å². The summed E-state index contributed by atoms with van der Waals surface area (Å²) in [6.07, 6.45) is -1.03. The molecule has 0 spiro atoms. The third-order valence-corrected chi connectivity index (χ3v) is 4.35. The molecule has 8 heteroatoms. The Morgan fingerprint density at radius 3 is 2.48 bits per heavy atom. The third kappa shape index (κ3) is 4.49. The number of nitrogens with one attached hydrogen (secondary N) is 1. The van der Waals surface area contributed by atoms with Crippen LogP contribution in [0, 0.1) is 6.92 Å². The highest BCUT2D eigenvalue weighted by Gasteiger charge is 2.33. The summed E-state index contributed by atoms with van der Waals surface area (Å²) < 4.78 is 40.7. The lowest BCUT2D eigenvalue weighted by Gasteiger charge is -2.12. The van der Waals surface area contributed by atoms with Gasteiger partial charge in [0.1, 0.15) is 5.82 Å². The summed E-state index contributed by atoms with van der Waals surface area (Å²) >= 11 is 5.58. The van der Waals surface area contributed by atoms with Crippen LogP contribution in [-0.4, -0.2) is 15.5 Å². The lowest BCUT2D eigenvalue weighted by Crippen LogP contribution is -2.13. The Morgan fingerprint density at radius 2 is 1.89 bits per heavy atom. The minimum absolute atomic E-state index is 0.0230. The maximum atomic E-state index is 12.9. The molecule has 0 atom stereocenters. The van der Waals surface area contributed by atoms with Gasteiger partial charge >= 0.3 is 6.18 Å². The molecule has 0 aliphatic rings. The molecular weight excluding hydrogens is 379 g/mol. The number of carbonyl (C=O) groups excluding carboxylic acids is 1. The van der Waals surface area contributed by atoms with E-state index in [2.05, 4.69) is 10.3 Å². The fourth-order valence-electron chi connectivity index (χ4n) is 2.55. The molecule has 0 saturated carbocycles. The maximum Gasteiger partial charge on any atom is 0.417 e. The van der Waals surface area contributed by atoms with Gasteiger partial charge in [-0.25, -0.2) is 4.98 Å². The van der Waals surface area contributed by atoms with Crippen LogP contribution in [0.25, 0.3) is 0 Å². The van der Waals surface area contributed by atoms with Gasteiger partial charge in [0.05, 0.1) is 10.6 Å². The Morgan fingerprint density at radius 1 is 1.19 bits per heavy atom. The average Bonchev–Trinajstić information content (AvgIpc) is 3.01. The second-order valence-electron chi connectivity index (χ2n) is 5.95. The van der Waals surface area contributed by atoms with E-state index in [1.807, 2.05) is 17.7 Å². The Bertz CT molecular complexity index is 965. The fraction of sp³-hybridized carbons (Fsp3) is 0.158. The van der Waals surface area contributed by atoms with Gasteiger partial charge in [-0.05, 0) is 42.8 Å². The van der Waals surface area contributed by atoms with Crippen molar-refractivity contribution in [3.05, 3.63) is 82.4 Å². The first-order chi connectivity index (χ1) is 12.7. The van der Waals surface area contributed by atoms with E-state index in [1.54, 1.807) is 30.5 Å². The number of imidazole rings is 1. The number of aryl methyl sites for hydroxylation is 1. The first-order valence-corrected chi connectivity index (χ1v) is 8.36. The second-order valence-corrected chi connectivity index (χ2v) is 6.35. The first kappa shape index (κ1) is 19.0. The SMILES string of the molecule is Cc1nccn1Cc1ccc(C(=O)Nc2ccc(Cl)c(C(F)(F)F)c2)cc1. The predicted octanol–water partition coefficient (Wildman–Crippen LogP) is 5.16. The van der Waals surface area contributed by atoms with Gasteiger partial charge < -0.3 is 9.88 Å². The van der Waals surface area contributed by atoms with Crippen LogP contribution < -0.4 is 5.32 Å². The summed E-state index contributed by atoms with van der Waals surface area (Å²) in [6, 6.07) is 10.1. The number of nitrogens with zero attached hydrogens (tertiary/aromatic N) is 2. The van der Waals surface area contributed by atoms with E-state index < -0.39 is 22.7 Å². The molecule has 1 amide bonds. The number of amides is 1. The highest BCUT2D eigenvalue weighted by molar-refractivity contribution is 6.31. The summed E-state index contributed by atoms with van der Waals surface area (Å²) in [7, 11) is 0. The lowest BCUT2D eigenvalue weighted by molar-refractivity contribution is -0.137. The Hall–Kier alpha value is -2.80. The van der Waals surface area contributed by atoms with Gasteiger partial charge in [-0.1, -0.05) is 23.7 Å². The zero-order valence-corrected chi connectivity index (χ0v) is 15.0. The van der Waals surface area contributed by atoms with Gasteiger partial charge in [0.25, 0.3) is 5.91 Å². The summed E-state index contributed by atoms with van der Waals surface area (Å²) in [6.45, 7) is 2.50. The molecule has 4 nitrogen and oxygen atoms in total. The van der Waals surface area contributed by atoms with Crippen molar-refractivity contribution in [2.45, 2.75) is 19.6 Å². The van der Waals surface area contributed by atoms with Crippen molar-refractivity contribution < 1.29 is 18.0 Å². The molecule has 1 heterocycles. The smallest absolute Gasteiger partial charge is 0.331 e. The largest absolute Gasteiger partial charge is 0.417 e. The van der Waals surface area contributed by atoms with Crippen LogP contribution >= 0.6 is 11.6 Å². The molecular formula is C19H15ClF3N3O. The number of aromatic nitrogens is 2. The number of benzene rings is 2. The number of hydrogen-bond acceptors (Lipinski definition) is 2. The van der Waals surface area contributed by atoms with Gasteiger partial charge in [0, 0.05) is 30.2 Å². The predicted molar refractivity (Wildman–Crippen MR) is 96.9 cm³/mol. The normalized spacial score (nSPS) is 11.4. The maximum absolute atomic E-state index is 12.9. The number of anilines is 1. The minimum Gasteiger partial charge on any atom is -0.331 e. The molecule has 0 aliphatic carbocycles. The number of hydrogen-bond donors (Lipinski definition) is 1. The van der Waals surface area contributed by atoms with E-state index >= 15 is 0 Å². The van der Waals surface area contributed by atoms with Crippen LogP contribution in [0.2, 0.25) is 5.02 Å². The molecule has 0 unspecified atom stereocenters. The Kier molecular flexibility index (Phi) is 5.23. The van der Waals surface area contributed by atoms with Crippen molar-refractivity contribution >= 4 is 23.2 Å². The number of rotatable bonds is 4. The quantitative estimate of drug-likeness (QED) is 0.665. The molecule has 2 aromatic carbocycles. The van der Waals surface area contributed by atoms with Crippen LogP contribution in [0.4, 0.5) is 18.9 Å². The molecule has 140 valence electrons. The van der Waals surface area contributed by atoms with Crippen molar-refractivity contribution in [3.63, 3.8) is 0 Å². The van der Waals surface area contributed by atoms with Gasteiger partial charge in [0.15, 0.2) is 0 Å². The Labute approximate surface area is 158 Å². The van der Waals surface area contributed by atoms with E-state index in [-0.39, 0.29) is 5.69 Å². The third-order valence-electron chi connectivity index (χ3n) is 4.02. The highest BCUT2D eigenvalue weighted by atomic mass is 35.5. The van der Waals surface area contributed by atoms with Crippen molar-refractivity contribution in [3.8, 4) is 0 Å². The number of alkyl halides is 3. The van der Waals surface area contributed by atoms with Gasteiger partial charge in [-0.2, -0.15) is 13.2 Å². The molecule has 0 aliphatic heterocycles. The lowest BCUT2D eigenvalue weighted by atomic mass is 10.1. The fourth-order valence-corrected chi connectivity index (χ4v) is 2.78.